The van der Waals surface area contributed by atoms with E-state index in [2.05, 4.69) is 94.7 Å². The van der Waals surface area contributed by atoms with Gasteiger partial charge in [0.1, 0.15) is 0 Å². The molecular weight excluding hydrogens is 384 g/mol. The van der Waals surface area contributed by atoms with Crippen LogP contribution < -0.4 is 0 Å². The molecule has 31 heavy (non-hydrogen) atoms. The summed E-state index contributed by atoms with van der Waals surface area (Å²) in [4.78, 5) is 13.8. The Morgan fingerprint density at radius 1 is 0.452 bits per heavy atom. The van der Waals surface area contributed by atoms with E-state index in [0.29, 0.717) is 0 Å². The Morgan fingerprint density at radius 2 is 0.774 bits per heavy atom. The molecule has 3 heterocycles. The zero-order valence-electron chi connectivity index (χ0n) is 20.8. The van der Waals surface area contributed by atoms with Gasteiger partial charge in [-0.05, 0) is 19.3 Å². The highest BCUT2D eigenvalue weighted by Crippen LogP contribution is 2.11. The van der Waals surface area contributed by atoms with Gasteiger partial charge in [0.15, 0.2) is 0 Å². The number of hydrogen-bond acceptors (Lipinski definition) is 6. The zero-order valence-corrected chi connectivity index (χ0v) is 20.8. The first kappa shape index (κ1) is 25.3. The lowest BCUT2D eigenvalue weighted by Crippen LogP contribution is -2.23. The molecule has 0 bridgehead atoms. The fraction of sp³-hybridized carbons (Fsp3) is 0.760. The summed E-state index contributed by atoms with van der Waals surface area (Å²) in [6.45, 7) is 9.08. The Labute approximate surface area is 192 Å². The van der Waals surface area contributed by atoms with Crippen molar-refractivity contribution < 1.29 is 0 Å². The van der Waals surface area contributed by atoms with E-state index in [1.54, 1.807) is 0 Å². The molecule has 0 aliphatic carbocycles. The predicted molar refractivity (Wildman–Crippen MR) is 133 cm³/mol. The van der Waals surface area contributed by atoms with E-state index in [0.717, 1.165) is 20.0 Å². The maximum absolute atomic E-state index is 2.40. The van der Waals surface area contributed by atoms with E-state index >= 15 is 0 Å². The van der Waals surface area contributed by atoms with Gasteiger partial charge in [0.25, 0.3) is 0 Å². The second-order valence-corrected chi connectivity index (χ2v) is 9.36. The minimum Gasteiger partial charge on any atom is -0.362 e. The third-order valence-corrected chi connectivity index (χ3v) is 6.00. The van der Waals surface area contributed by atoms with Crippen LogP contribution in [0.5, 0.6) is 0 Å². The molecule has 3 rings (SSSR count). The Hall–Kier alpha value is -1.98. The molecule has 3 aliphatic heterocycles. The third-order valence-electron chi connectivity index (χ3n) is 6.00. The summed E-state index contributed by atoms with van der Waals surface area (Å²) in [6.07, 6.45) is 25.3. The Kier molecular flexibility index (Phi) is 12.2. The first-order valence-electron chi connectivity index (χ1n) is 12.4. The molecule has 0 saturated heterocycles. The second kappa shape index (κ2) is 14.9. The van der Waals surface area contributed by atoms with Crippen molar-refractivity contribution in [2.75, 3.05) is 60.8 Å². The Balaban J connectivity index is 0.000000285. The fourth-order valence-corrected chi connectivity index (χ4v) is 4.08. The van der Waals surface area contributed by atoms with E-state index < -0.39 is 0 Å². The van der Waals surface area contributed by atoms with Gasteiger partial charge in [-0.3, -0.25) is 0 Å². The first-order valence-corrected chi connectivity index (χ1v) is 12.4. The van der Waals surface area contributed by atoms with Crippen molar-refractivity contribution in [2.24, 2.45) is 0 Å². The first-order chi connectivity index (χ1) is 15.1. The summed E-state index contributed by atoms with van der Waals surface area (Å²) >= 11 is 0. The summed E-state index contributed by atoms with van der Waals surface area (Å²) in [5.41, 5.74) is 0. The summed E-state index contributed by atoms with van der Waals surface area (Å²) in [5, 5.41) is 0. The van der Waals surface area contributed by atoms with Crippen LogP contribution in [0.4, 0.5) is 0 Å². The van der Waals surface area contributed by atoms with Gasteiger partial charge < -0.3 is 29.4 Å². The van der Waals surface area contributed by atoms with Gasteiger partial charge in [-0.1, -0.05) is 45.4 Å². The highest BCUT2D eigenvalue weighted by atomic mass is 15.3. The number of nitrogens with zero attached hydrogens (tertiary/aromatic N) is 6. The van der Waals surface area contributed by atoms with Gasteiger partial charge >= 0.3 is 0 Å². The van der Waals surface area contributed by atoms with Crippen molar-refractivity contribution in [2.45, 2.75) is 64.7 Å². The molecule has 6 nitrogen and oxygen atoms in total. The monoisotopic (exact) mass is 432 g/mol. The highest BCUT2D eigenvalue weighted by molar-refractivity contribution is 4.89. The summed E-state index contributed by atoms with van der Waals surface area (Å²) in [7, 11) is 6.36. The van der Waals surface area contributed by atoms with Crippen LogP contribution in [0.15, 0.2) is 37.2 Å². The van der Waals surface area contributed by atoms with Gasteiger partial charge in [0.05, 0.1) is 20.0 Å². The molecule has 0 radical (unpaired) electrons. The van der Waals surface area contributed by atoms with Crippen LogP contribution in [0.25, 0.3) is 0 Å². The SMILES string of the molecule is CCCCN1C=CN(C)C1.CN1C=CN(CCCCCCCCCN2C=CN(C)C2)C1. The molecule has 0 N–H and O–H groups in total. The smallest absolute Gasteiger partial charge is 0.0890 e. The van der Waals surface area contributed by atoms with Crippen molar-refractivity contribution in [3.8, 4) is 0 Å². The van der Waals surface area contributed by atoms with Gasteiger partial charge in [-0.25, -0.2) is 0 Å². The van der Waals surface area contributed by atoms with E-state index in [1.165, 1.54) is 77.4 Å². The predicted octanol–water partition coefficient (Wildman–Crippen LogP) is 4.53. The molecule has 0 atom stereocenters. The van der Waals surface area contributed by atoms with Crippen molar-refractivity contribution in [1.29, 1.82) is 0 Å². The summed E-state index contributed by atoms with van der Waals surface area (Å²) < 4.78 is 0. The molecule has 178 valence electrons. The van der Waals surface area contributed by atoms with Crippen LogP contribution in [0.3, 0.4) is 0 Å². The average molecular weight is 433 g/mol. The Bertz CT molecular complexity index is 514. The molecule has 0 fully saturated rings. The molecule has 0 saturated carbocycles. The van der Waals surface area contributed by atoms with Crippen LogP contribution >= 0.6 is 0 Å². The summed E-state index contributed by atoms with van der Waals surface area (Å²) in [6, 6.07) is 0. The molecule has 0 spiro atoms. The van der Waals surface area contributed by atoms with Crippen LogP contribution in [0.2, 0.25) is 0 Å². The van der Waals surface area contributed by atoms with Crippen molar-refractivity contribution in [3.05, 3.63) is 37.2 Å². The Morgan fingerprint density at radius 3 is 1.06 bits per heavy atom. The molecule has 6 heteroatoms. The van der Waals surface area contributed by atoms with Crippen molar-refractivity contribution >= 4 is 0 Å². The van der Waals surface area contributed by atoms with Crippen LogP contribution in [0.1, 0.15) is 64.7 Å². The average Bonchev–Trinajstić information content (AvgIpc) is 3.47. The maximum atomic E-state index is 2.40. The molecule has 3 aliphatic rings. The van der Waals surface area contributed by atoms with Gasteiger partial charge in [0, 0.05) is 78.0 Å². The van der Waals surface area contributed by atoms with Gasteiger partial charge in [0.2, 0.25) is 0 Å². The van der Waals surface area contributed by atoms with E-state index in [-0.39, 0.29) is 0 Å². The number of rotatable bonds is 13. The van der Waals surface area contributed by atoms with Crippen molar-refractivity contribution in [1.82, 2.24) is 29.4 Å². The van der Waals surface area contributed by atoms with Crippen LogP contribution in [-0.4, -0.2) is 90.2 Å². The lowest BCUT2D eigenvalue weighted by molar-refractivity contribution is 0.288. The van der Waals surface area contributed by atoms with Gasteiger partial charge in [-0.15, -0.1) is 0 Å². The summed E-state index contributed by atoms with van der Waals surface area (Å²) in [5.74, 6) is 0. The zero-order chi connectivity index (χ0) is 22.3. The number of hydrogen-bond donors (Lipinski definition) is 0. The molecule has 0 aromatic carbocycles. The fourth-order valence-electron chi connectivity index (χ4n) is 4.08. The molecule has 0 unspecified atom stereocenters. The maximum Gasteiger partial charge on any atom is 0.0890 e. The topological polar surface area (TPSA) is 19.4 Å². The lowest BCUT2D eigenvalue weighted by Gasteiger charge is -2.18. The minimum absolute atomic E-state index is 1.07. The largest absolute Gasteiger partial charge is 0.362 e. The quantitative estimate of drug-likeness (QED) is 0.395. The van der Waals surface area contributed by atoms with Crippen molar-refractivity contribution in [3.63, 3.8) is 0 Å². The standard InChI is InChI=1S/C17H32N4.C8H16N2/c1-18-12-14-20(16-18)10-8-6-4-3-5-7-9-11-21-15-13-19(2)17-21;1-3-4-5-10-7-6-9(2)8-10/h12-15H,3-11,16-17H2,1-2H3;6-7H,3-5,8H2,1-2H3. The van der Waals surface area contributed by atoms with Crippen LogP contribution in [-0.2, 0) is 0 Å². The molecular formula is C25H48N6. The number of unbranched alkanes of at least 4 members (excludes halogenated alkanes) is 7. The van der Waals surface area contributed by atoms with E-state index in [4.69, 9.17) is 0 Å². The van der Waals surface area contributed by atoms with Gasteiger partial charge in [-0.2, -0.15) is 0 Å². The normalized spacial score (nSPS) is 17.4. The van der Waals surface area contributed by atoms with E-state index in [1.807, 2.05) is 0 Å². The second-order valence-electron chi connectivity index (χ2n) is 9.36. The van der Waals surface area contributed by atoms with Crippen LogP contribution in [0, 0.1) is 0 Å². The minimum atomic E-state index is 1.07. The molecule has 0 amide bonds. The molecule has 0 aromatic heterocycles. The third kappa shape index (κ3) is 11.3. The van der Waals surface area contributed by atoms with E-state index in [9.17, 15) is 0 Å². The lowest BCUT2D eigenvalue weighted by atomic mass is 10.1. The highest BCUT2D eigenvalue weighted by Gasteiger charge is 2.08. The molecule has 0 aromatic rings.